The predicted octanol–water partition coefficient (Wildman–Crippen LogP) is 2.28. The minimum absolute atomic E-state index is 0.0259. The van der Waals surface area contributed by atoms with Crippen molar-refractivity contribution in [3.05, 3.63) is 34.9 Å². The molecule has 0 atom stereocenters. The molecule has 21 heavy (non-hydrogen) atoms. The Hall–Kier alpha value is -2.61. The number of nitrogen functional groups attached to an aromatic ring is 1. The molecule has 4 N–H and O–H groups in total. The van der Waals surface area contributed by atoms with Crippen molar-refractivity contribution in [1.82, 2.24) is 9.97 Å². The number of rotatable bonds is 4. The smallest absolute Gasteiger partial charge is 0.148 e. The SMILES string of the molecule is CO/N=C\c1c(N)ncnc1Nc1cc(O)c(Cl)cc1F. The summed E-state index contributed by atoms with van der Waals surface area (Å²) in [5.74, 6) is -0.602. The molecule has 0 fully saturated rings. The molecule has 0 aliphatic rings. The Morgan fingerprint density at radius 1 is 1.48 bits per heavy atom. The molecule has 110 valence electrons. The van der Waals surface area contributed by atoms with E-state index in [9.17, 15) is 9.50 Å². The number of halogens is 2. The Balaban J connectivity index is 2.42. The summed E-state index contributed by atoms with van der Waals surface area (Å²) in [5.41, 5.74) is 5.99. The second-order valence-corrected chi connectivity index (χ2v) is 4.25. The van der Waals surface area contributed by atoms with Crippen LogP contribution in [0.2, 0.25) is 5.02 Å². The van der Waals surface area contributed by atoms with E-state index in [1.54, 1.807) is 0 Å². The van der Waals surface area contributed by atoms with Crippen molar-refractivity contribution in [2.75, 3.05) is 18.2 Å². The maximum Gasteiger partial charge on any atom is 0.148 e. The van der Waals surface area contributed by atoms with Gasteiger partial charge in [-0.05, 0) is 6.07 Å². The number of aromatic hydroxyl groups is 1. The average Bonchev–Trinajstić information content (AvgIpc) is 2.44. The molecule has 0 aliphatic carbocycles. The lowest BCUT2D eigenvalue weighted by Gasteiger charge is -2.11. The molecule has 0 aliphatic heterocycles. The van der Waals surface area contributed by atoms with Gasteiger partial charge in [-0.1, -0.05) is 16.8 Å². The molecule has 2 aromatic rings. The molecule has 9 heteroatoms. The highest BCUT2D eigenvalue weighted by molar-refractivity contribution is 6.32. The number of hydrogen-bond acceptors (Lipinski definition) is 7. The van der Waals surface area contributed by atoms with Crippen LogP contribution < -0.4 is 11.1 Å². The minimum atomic E-state index is -0.662. The minimum Gasteiger partial charge on any atom is -0.506 e. The number of nitrogens with zero attached hydrogens (tertiary/aromatic N) is 3. The second kappa shape index (κ2) is 6.23. The summed E-state index contributed by atoms with van der Waals surface area (Å²) in [7, 11) is 1.36. The fourth-order valence-electron chi connectivity index (χ4n) is 1.50. The second-order valence-electron chi connectivity index (χ2n) is 3.85. The van der Waals surface area contributed by atoms with Gasteiger partial charge >= 0.3 is 0 Å². The number of phenols is 1. The van der Waals surface area contributed by atoms with Crippen LogP contribution in [0.5, 0.6) is 5.75 Å². The predicted molar refractivity (Wildman–Crippen MR) is 77.4 cm³/mol. The maximum absolute atomic E-state index is 13.8. The van der Waals surface area contributed by atoms with Crippen LogP contribution in [0.15, 0.2) is 23.6 Å². The van der Waals surface area contributed by atoms with E-state index in [-0.39, 0.29) is 28.1 Å². The van der Waals surface area contributed by atoms with Crippen LogP contribution in [0.1, 0.15) is 5.56 Å². The molecule has 0 saturated carbocycles. The van der Waals surface area contributed by atoms with E-state index in [1.807, 2.05) is 0 Å². The third-order valence-electron chi connectivity index (χ3n) is 2.49. The summed E-state index contributed by atoms with van der Waals surface area (Å²) in [6.07, 6.45) is 2.49. The van der Waals surface area contributed by atoms with Crippen LogP contribution in [0.3, 0.4) is 0 Å². The Bertz CT molecular complexity index is 696. The van der Waals surface area contributed by atoms with Gasteiger partial charge in [0.15, 0.2) is 0 Å². The molecule has 0 saturated heterocycles. The van der Waals surface area contributed by atoms with Crippen molar-refractivity contribution in [2.45, 2.75) is 0 Å². The molecule has 1 heterocycles. The quantitative estimate of drug-likeness (QED) is 0.591. The average molecular weight is 312 g/mol. The van der Waals surface area contributed by atoms with Crippen LogP contribution in [0, 0.1) is 5.82 Å². The highest BCUT2D eigenvalue weighted by Crippen LogP contribution is 2.31. The van der Waals surface area contributed by atoms with Crippen molar-refractivity contribution in [1.29, 1.82) is 0 Å². The van der Waals surface area contributed by atoms with Gasteiger partial charge in [0.05, 0.1) is 22.5 Å². The van der Waals surface area contributed by atoms with Crippen LogP contribution in [0.25, 0.3) is 0 Å². The summed E-state index contributed by atoms with van der Waals surface area (Å²) >= 11 is 5.61. The number of aromatic nitrogens is 2. The van der Waals surface area contributed by atoms with Crippen LogP contribution in [-0.4, -0.2) is 28.4 Å². The Labute approximate surface area is 124 Å². The number of phenolic OH excluding ortho intramolecular Hbond substituents is 1. The van der Waals surface area contributed by atoms with Gasteiger partial charge in [-0.15, -0.1) is 0 Å². The lowest BCUT2D eigenvalue weighted by molar-refractivity contribution is 0.215. The van der Waals surface area contributed by atoms with Crippen molar-refractivity contribution < 1.29 is 14.3 Å². The third kappa shape index (κ3) is 3.29. The highest BCUT2D eigenvalue weighted by Gasteiger charge is 2.12. The Morgan fingerprint density at radius 2 is 2.24 bits per heavy atom. The molecule has 0 unspecified atom stereocenters. The summed E-state index contributed by atoms with van der Waals surface area (Å²) in [6.45, 7) is 0. The molecular weight excluding hydrogens is 301 g/mol. The first-order chi connectivity index (χ1) is 10.0. The maximum atomic E-state index is 13.8. The van der Waals surface area contributed by atoms with Gasteiger partial charge in [-0.25, -0.2) is 14.4 Å². The number of anilines is 3. The standard InChI is InChI=1S/C12H11ClFN5O2/c1-21-18-4-6-11(15)16-5-17-12(6)19-9-3-10(20)7(13)2-8(9)14/h2-5,20H,1H3,(H3,15,16,17,19)/b18-4-. The van der Waals surface area contributed by atoms with E-state index < -0.39 is 5.82 Å². The molecular formula is C12H11ClFN5O2. The molecule has 0 bridgehead atoms. The van der Waals surface area contributed by atoms with Gasteiger partial charge in [0, 0.05) is 6.07 Å². The third-order valence-corrected chi connectivity index (χ3v) is 2.79. The van der Waals surface area contributed by atoms with Crippen molar-refractivity contribution >= 4 is 35.1 Å². The normalized spacial score (nSPS) is 10.8. The monoisotopic (exact) mass is 311 g/mol. The summed E-state index contributed by atoms with van der Waals surface area (Å²) in [5, 5.41) is 15.7. The summed E-state index contributed by atoms with van der Waals surface area (Å²) in [4.78, 5) is 12.3. The fourth-order valence-corrected chi connectivity index (χ4v) is 1.65. The Kier molecular flexibility index (Phi) is 4.39. The van der Waals surface area contributed by atoms with Gasteiger partial charge in [0.25, 0.3) is 0 Å². The number of nitrogens with one attached hydrogen (secondary N) is 1. The van der Waals surface area contributed by atoms with E-state index in [2.05, 4.69) is 25.3 Å². The molecule has 2 rings (SSSR count). The van der Waals surface area contributed by atoms with E-state index in [0.717, 1.165) is 12.1 Å². The molecule has 1 aromatic carbocycles. The number of hydrogen-bond donors (Lipinski definition) is 3. The topological polar surface area (TPSA) is 106 Å². The van der Waals surface area contributed by atoms with Crippen molar-refractivity contribution in [2.24, 2.45) is 5.16 Å². The summed E-state index contributed by atoms with van der Waals surface area (Å²) < 4.78 is 13.8. The van der Waals surface area contributed by atoms with Crippen molar-refractivity contribution in [3.8, 4) is 5.75 Å². The zero-order valence-electron chi connectivity index (χ0n) is 10.8. The van der Waals surface area contributed by atoms with Crippen molar-refractivity contribution in [3.63, 3.8) is 0 Å². The Morgan fingerprint density at radius 3 is 2.95 bits per heavy atom. The van der Waals surface area contributed by atoms with Gasteiger partial charge < -0.3 is 21.0 Å². The molecule has 0 spiro atoms. The largest absolute Gasteiger partial charge is 0.506 e. The molecule has 1 aromatic heterocycles. The van der Waals surface area contributed by atoms with Gasteiger partial charge in [-0.3, -0.25) is 0 Å². The number of benzene rings is 1. The van der Waals surface area contributed by atoms with E-state index in [4.69, 9.17) is 17.3 Å². The first-order valence-electron chi connectivity index (χ1n) is 5.65. The first-order valence-corrected chi connectivity index (χ1v) is 6.02. The van der Waals surface area contributed by atoms with Crippen LogP contribution in [0.4, 0.5) is 21.7 Å². The van der Waals surface area contributed by atoms with E-state index in [0.29, 0.717) is 5.56 Å². The fraction of sp³-hybridized carbons (Fsp3) is 0.0833. The van der Waals surface area contributed by atoms with Gasteiger partial charge in [0.1, 0.15) is 36.6 Å². The summed E-state index contributed by atoms with van der Waals surface area (Å²) in [6, 6.07) is 2.11. The van der Waals surface area contributed by atoms with Crippen LogP contribution >= 0.6 is 11.6 Å². The number of nitrogens with two attached hydrogens (primary N) is 1. The molecule has 7 nitrogen and oxygen atoms in total. The first kappa shape index (κ1) is 14.8. The lowest BCUT2D eigenvalue weighted by Crippen LogP contribution is -2.05. The number of oxime groups is 1. The van der Waals surface area contributed by atoms with Crippen LogP contribution in [-0.2, 0) is 4.84 Å². The lowest BCUT2D eigenvalue weighted by atomic mass is 10.2. The van der Waals surface area contributed by atoms with Gasteiger partial charge in [-0.2, -0.15) is 0 Å². The zero-order chi connectivity index (χ0) is 15.4. The highest BCUT2D eigenvalue weighted by atomic mass is 35.5. The molecule has 0 radical (unpaired) electrons. The van der Waals surface area contributed by atoms with E-state index >= 15 is 0 Å². The van der Waals surface area contributed by atoms with Gasteiger partial charge in [0.2, 0.25) is 0 Å². The zero-order valence-corrected chi connectivity index (χ0v) is 11.6. The van der Waals surface area contributed by atoms with E-state index in [1.165, 1.54) is 19.7 Å². The molecule has 0 amide bonds.